The molecular formula is C14H19NO. The Kier molecular flexibility index (Phi) is 3.97. The molecule has 0 aliphatic carbocycles. The van der Waals surface area contributed by atoms with Crippen LogP contribution in [0.25, 0.3) is 0 Å². The highest BCUT2D eigenvalue weighted by atomic mass is 16.1. The first-order valence-corrected chi connectivity index (χ1v) is 6.15. The van der Waals surface area contributed by atoms with Crippen LogP contribution in [0, 0.1) is 0 Å². The van der Waals surface area contributed by atoms with E-state index < -0.39 is 0 Å². The lowest BCUT2D eigenvalue weighted by atomic mass is 9.96. The second kappa shape index (κ2) is 5.69. The number of amides is 1. The molecule has 1 aromatic carbocycles. The molecule has 1 saturated heterocycles. The highest BCUT2D eigenvalue weighted by molar-refractivity contribution is 5.47. The lowest BCUT2D eigenvalue weighted by Gasteiger charge is -2.32. The summed E-state index contributed by atoms with van der Waals surface area (Å²) in [5, 5.41) is 0. The Balaban J connectivity index is 1.86. The molecule has 1 fully saturated rings. The molecule has 1 amide bonds. The number of benzene rings is 1. The molecule has 1 aromatic rings. The molecule has 0 N–H and O–H groups in total. The van der Waals surface area contributed by atoms with Crippen LogP contribution in [0.1, 0.15) is 31.2 Å². The van der Waals surface area contributed by atoms with Gasteiger partial charge >= 0.3 is 0 Å². The minimum atomic E-state index is 0.464. The van der Waals surface area contributed by atoms with Crippen LogP contribution in [-0.4, -0.2) is 23.9 Å². The van der Waals surface area contributed by atoms with Gasteiger partial charge in [0.1, 0.15) is 0 Å². The molecular weight excluding hydrogens is 198 g/mol. The lowest BCUT2D eigenvalue weighted by Crippen LogP contribution is -2.38. The first-order chi connectivity index (χ1) is 7.90. The van der Waals surface area contributed by atoms with Crippen LogP contribution in [0.5, 0.6) is 0 Å². The molecule has 2 nitrogen and oxygen atoms in total. The molecule has 16 heavy (non-hydrogen) atoms. The Bertz CT molecular complexity index is 323. The fourth-order valence-corrected chi connectivity index (χ4v) is 2.45. The van der Waals surface area contributed by atoms with Crippen molar-refractivity contribution in [3.05, 3.63) is 35.9 Å². The van der Waals surface area contributed by atoms with Gasteiger partial charge in [-0.1, -0.05) is 30.3 Å². The summed E-state index contributed by atoms with van der Waals surface area (Å²) in [7, 11) is 0. The number of carbonyl (C=O) groups excluding carboxylic acids is 1. The highest BCUT2D eigenvalue weighted by Gasteiger charge is 2.20. The molecule has 1 unspecified atom stereocenters. The molecule has 1 aliphatic rings. The molecule has 0 saturated carbocycles. The number of hydrogen-bond donors (Lipinski definition) is 0. The average Bonchev–Trinajstić information content (AvgIpc) is 2.38. The Hall–Kier alpha value is -1.31. The van der Waals surface area contributed by atoms with E-state index in [1.165, 1.54) is 24.8 Å². The third-order valence-electron chi connectivity index (χ3n) is 3.42. The number of likely N-dealkylation sites (tertiary alicyclic amines) is 1. The third-order valence-corrected chi connectivity index (χ3v) is 3.42. The van der Waals surface area contributed by atoms with Gasteiger partial charge in [-0.05, 0) is 37.7 Å². The fraction of sp³-hybridized carbons (Fsp3) is 0.500. The Morgan fingerprint density at radius 1 is 1.25 bits per heavy atom. The molecule has 0 bridgehead atoms. The van der Waals surface area contributed by atoms with E-state index in [4.69, 9.17) is 0 Å². The van der Waals surface area contributed by atoms with Crippen molar-refractivity contribution in [3.8, 4) is 0 Å². The summed E-state index contributed by atoms with van der Waals surface area (Å²) in [6.45, 7) is 0.947. The second-order valence-electron chi connectivity index (χ2n) is 4.52. The van der Waals surface area contributed by atoms with Gasteiger partial charge < -0.3 is 4.90 Å². The molecule has 0 spiro atoms. The Labute approximate surface area is 97.3 Å². The number of carbonyl (C=O) groups is 1. The van der Waals surface area contributed by atoms with Gasteiger partial charge in [0.2, 0.25) is 6.41 Å². The van der Waals surface area contributed by atoms with Crippen LogP contribution < -0.4 is 0 Å². The van der Waals surface area contributed by atoms with Gasteiger partial charge in [0.25, 0.3) is 0 Å². The normalized spacial score (nSPS) is 20.8. The third kappa shape index (κ3) is 2.84. The zero-order chi connectivity index (χ0) is 11.2. The number of nitrogens with zero attached hydrogens (tertiary/aromatic N) is 1. The van der Waals surface area contributed by atoms with Crippen molar-refractivity contribution in [2.24, 2.45) is 0 Å². The first-order valence-electron chi connectivity index (χ1n) is 6.15. The van der Waals surface area contributed by atoms with E-state index in [1.807, 2.05) is 11.0 Å². The van der Waals surface area contributed by atoms with Crippen molar-refractivity contribution in [1.82, 2.24) is 4.90 Å². The van der Waals surface area contributed by atoms with Crippen molar-refractivity contribution >= 4 is 6.41 Å². The van der Waals surface area contributed by atoms with Crippen LogP contribution in [0.4, 0.5) is 0 Å². The van der Waals surface area contributed by atoms with Crippen LogP contribution in [0.15, 0.2) is 30.3 Å². The first kappa shape index (κ1) is 11.2. The van der Waals surface area contributed by atoms with Crippen LogP contribution >= 0.6 is 0 Å². The van der Waals surface area contributed by atoms with Gasteiger partial charge in [0.05, 0.1) is 0 Å². The van der Waals surface area contributed by atoms with Crippen LogP contribution in [0.3, 0.4) is 0 Å². The van der Waals surface area contributed by atoms with Gasteiger partial charge in [0.15, 0.2) is 0 Å². The van der Waals surface area contributed by atoms with E-state index in [1.54, 1.807) is 0 Å². The molecule has 1 aliphatic heterocycles. The largest absolute Gasteiger partial charge is 0.342 e. The summed E-state index contributed by atoms with van der Waals surface area (Å²) >= 11 is 0. The Morgan fingerprint density at radius 3 is 2.81 bits per heavy atom. The highest BCUT2D eigenvalue weighted by Crippen LogP contribution is 2.19. The summed E-state index contributed by atoms with van der Waals surface area (Å²) < 4.78 is 0. The van der Waals surface area contributed by atoms with Crippen LogP contribution in [0.2, 0.25) is 0 Å². The zero-order valence-electron chi connectivity index (χ0n) is 9.64. The number of piperidine rings is 1. The molecule has 2 heteroatoms. The molecule has 2 rings (SSSR count). The summed E-state index contributed by atoms with van der Waals surface area (Å²) in [5.74, 6) is 0. The quantitative estimate of drug-likeness (QED) is 0.710. The maximum Gasteiger partial charge on any atom is 0.209 e. The topological polar surface area (TPSA) is 20.3 Å². The SMILES string of the molecule is O=CN1CCCCC1CCc1ccccc1. The van der Waals surface area contributed by atoms with Gasteiger partial charge in [-0.15, -0.1) is 0 Å². The summed E-state index contributed by atoms with van der Waals surface area (Å²) in [6, 6.07) is 11.0. The number of hydrogen-bond acceptors (Lipinski definition) is 1. The number of aryl methyl sites for hydroxylation is 1. The molecule has 1 atom stereocenters. The van der Waals surface area contributed by atoms with E-state index >= 15 is 0 Å². The second-order valence-corrected chi connectivity index (χ2v) is 4.52. The van der Waals surface area contributed by atoms with E-state index in [9.17, 15) is 4.79 Å². The molecule has 0 aromatic heterocycles. The molecule has 0 radical (unpaired) electrons. The lowest BCUT2D eigenvalue weighted by molar-refractivity contribution is -0.121. The summed E-state index contributed by atoms with van der Waals surface area (Å²) in [5.41, 5.74) is 1.37. The Morgan fingerprint density at radius 2 is 2.06 bits per heavy atom. The van der Waals surface area contributed by atoms with E-state index in [-0.39, 0.29) is 0 Å². The van der Waals surface area contributed by atoms with Crippen molar-refractivity contribution in [2.75, 3.05) is 6.54 Å². The smallest absolute Gasteiger partial charge is 0.209 e. The van der Waals surface area contributed by atoms with E-state index in [2.05, 4.69) is 24.3 Å². The predicted molar refractivity (Wildman–Crippen MR) is 65.2 cm³/mol. The molecule has 1 heterocycles. The van der Waals surface area contributed by atoms with Gasteiger partial charge in [0, 0.05) is 12.6 Å². The predicted octanol–water partition coefficient (Wildman–Crippen LogP) is 2.63. The van der Waals surface area contributed by atoms with Gasteiger partial charge in [-0.25, -0.2) is 0 Å². The van der Waals surface area contributed by atoms with Crippen LogP contribution in [-0.2, 0) is 11.2 Å². The minimum absolute atomic E-state index is 0.464. The summed E-state index contributed by atoms with van der Waals surface area (Å²) in [4.78, 5) is 12.9. The van der Waals surface area contributed by atoms with E-state index in [0.717, 1.165) is 25.8 Å². The van der Waals surface area contributed by atoms with Gasteiger partial charge in [-0.3, -0.25) is 4.79 Å². The standard InChI is InChI=1S/C14H19NO/c16-12-15-11-5-4-8-14(15)10-9-13-6-2-1-3-7-13/h1-3,6-7,12,14H,4-5,8-11H2. The van der Waals surface area contributed by atoms with Crippen molar-refractivity contribution in [3.63, 3.8) is 0 Å². The maximum absolute atomic E-state index is 10.9. The number of rotatable bonds is 4. The fourth-order valence-electron chi connectivity index (χ4n) is 2.45. The monoisotopic (exact) mass is 217 g/mol. The van der Waals surface area contributed by atoms with Crippen molar-refractivity contribution in [2.45, 2.75) is 38.1 Å². The van der Waals surface area contributed by atoms with E-state index in [0.29, 0.717) is 6.04 Å². The zero-order valence-corrected chi connectivity index (χ0v) is 9.64. The van der Waals surface area contributed by atoms with Gasteiger partial charge in [-0.2, -0.15) is 0 Å². The minimum Gasteiger partial charge on any atom is -0.342 e. The molecule has 86 valence electrons. The summed E-state index contributed by atoms with van der Waals surface area (Å²) in [6.07, 6.45) is 6.81. The van der Waals surface area contributed by atoms with Crippen molar-refractivity contribution in [1.29, 1.82) is 0 Å². The van der Waals surface area contributed by atoms with Crippen molar-refractivity contribution < 1.29 is 4.79 Å². The average molecular weight is 217 g/mol. The maximum atomic E-state index is 10.9.